The van der Waals surface area contributed by atoms with Gasteiger partial charge in [0.2, 0.25) is 5.91 Å². The number of carbonyl (C=O) groups is 1. The number of aliphatic hydroxyl groups is 1. The highest BCUT2D eigenvalue weighted by Crippen LogP contribution is 2.12. The van der Waals surface area contributed by atoms with Crippen LogP contribution in [0.5, 0.6) is 0 Å². The number of aliphatic hydroxyl groups excluding tert-OH is 1. The van der Waals surface area contributed by atoms with Crippen molar-refractivity contribution in [1.29, 1.82) is 0 Å². The highest BCUT2D eigenvalue weighted by Gasteiger charge is 2.08. The third-order valence-corrected chi connectivity index (χ3v) is 4.85. The zero-order valence-corrected chi connectivity index (χ0v) is 17.0. The molecule has 3 N–H and O–H groups in total. The Bertz CT molecular complexity index is 1090. The smallest absolute Gasteiger partial charge is 0.247 e. The van der Waals surface area contributed by atoms with Crippen molar-refractivity contribution in [1.82, 2.24) is 25.3 Å². The van der Waals surface area contributed by atoms with Crippen LogP contribution in [-0.2, 0) is 17.8 Å². The Labute approximate surface area is 179 Å². The molecule has 0 aliphatic heterocycles. The summed E-state index contributed by atoms with van der Waals surface area (Å²) in [5.41, 5.74) is 4.20. The Morgan fingerprint density at radius 1 is 1.00 bits per heavy atom. The van der Waals surface area contributed by atoms with E-state index >= 15 is 0 Å². The van der Waals surface area contributed by atoms with Gasteiger partial charge in [-0.2, -0.15) is 15.0 Å². The van der Waals surface area contributed by atoms with E-state index in [1.54, 1.807) is 12.4 Å². The summed E-state index contributed by atoms with van der Waals surface area (Å²) in [5.74, 6) is -0.181. The van der Waals surface area contributed by atoms with Gasteiger partial charge in [-0.1, -0.05) is 30.3 Å². The molecule has 8 heteroatoms. The largest absolute Gasteiger partial charge is 0.387 e. The van der Waals surface area contributed by atoms with Crippen molar-refractivity contribution in [2.75, 3.05) is 18.4 Å². The summed E-state index contributed by atoms with van der Waals surface area (Å²) in [5, 5.41) is 24.8. The second-order valence-electron chi connectivity index (χ2n) is 7.22. The fourth-order valence-corrected chi connectivity index (χ4v) is 3.22. The van der Waals surface area contributed by atoms with Gasteiger partial charge in [0.05, 0.1) is 6.10 Å². The average Bonchev–Trinajstić information content (AvgIpc) is 3.20. The summed E-state index contributed by atoms with van der Waals surface area (Å²) in [4.78, 5) is 17.7. The van der Waals surface area contributed by atoms with Crippen LogP contribution in [0.15, 0.2) is 73.1 Å². The monoisotopic (exact) mass is 416 g/mol. The lowest BCUT2D eigenvalue weighted by Gasteiger charge is -2.12. The molecule has 4 rings (SSSR count). The van der Waals surface area contributed by atoms with Gasteiger partial charge >= 0.3 is 0 Å². The maximum atomic E-state index is 12.3. The molecule has 2 aromatic carbocycles. The zero-order valence-electron chi connectivity index (χ0n) is 17.0. The number of amides is 1. The minimum atomic E-state index is -0.576. The Hall–Kier alpha value is -3.62. The molecular formula is C23H24N6O2. The second kappa shape index (κ2) is 9.92. The van der Waals surface area contributed by atoms with E-state index in [-0.39, 0.29) is 12.5 Å². The van der Waals surface area contributed by atoms with Gasteiger partial charge in [-0.25, -0.2) is 0 Å². The van der Waals surface area contributed by atoms with E-state index in [9.17, 15) is 9.90 Å². The molecule has 1 amide bonds. The number of hydrogen-bond acceptors (Lipinski definition) is 6. The predicted molar refractivity (Wildman–Crippen MR) is 118 cm³/mol. The van der Waals surface area contributed by atoms with Gasteiger partial charge < -0.3 is 15.7 Å². The fraction of sp³-hybridized carbons (Fsp3) is 0.217. The summed E-state index contributed by atoms with van der Waals surface area (Å²) in [6.45, 7) is 1.26. The van der Waals surface area contributed by atoms with E-state index in [1.807, 2.05) is 60.7 Å². The SMILES string of the molecule is O=C(Cn1nc2ccccc2n1)Nc1ccc(CCNC[C@H](O)c2cccnc2)cc1. The van der Waals surface area contributed by atoms with Crippen molar-refractivity contribution in [3.05, 3.63) is 84.2 Å². The van der Waals surface area contributed by atoms with Crippen molar-refractivity contribution in [2.24, 2.45) is 0 Å². The molecule has 158 valence electrons. The molecule has 2 aromatic heterocycles. The number of nitrogens with zero attached hydrogens (tertiary/aromatic N) is 4. The number of carbonyl (C=O) groups excluding carboxylic acids is 1. The van der Waals surface area contributed by atoms with Crippen molar-refractivity contribution < 1.29 is 9.90 Å². The van der Waals surface area contributed by atoms with Crippen LogP contribution >= 0.6 is 0 Å². The van der Waals surface area contributed by atoms with Crippen molar-refractivity contribution in [2.45, 2.75) is 19.1 Å². The number of hydrogen-bond donors (Lipinski definition) is 3. The van der Waals surface area contributed by atoms with Gasteiger partial charge in [-0.3, -0.25) is 9.78 Å². The number of pyridine rings is 1. The van der Waals surface area contributed by atoms with E-state index in [0.29, 0.717) is 6.54 Å². The number of anilines is 1. The average molecular weight is 416 g/mol. The lowest BCUT2D eigenvalue weighted by molar-refractivity contribution is -0.117. The summed E-state index contributed by atoms with van der Waals surface area (Å²) in [6.07, 6.45) is 3.60. The van der Waals surface area contributed by atoms with Crippen LogP contribution in [0.3, 0.4) is 0 Å². The molecular weight excluding hydrogens is 392 g/mol. The highest BCUT2D eigenvalue weighted by molar-refractivity contribution is 5.90. The van der Waals surface area contributed by atoms with Crippen LogP contribution < -0.4 is 10.6 Å². The Morgan fingerprint density at radius 3 is 2.42 bits per heavy atom. The number of benzene rings is 2. The van der Waals surface area contributed by atoms with Crippen LogP contribution in [0.2, 0.25) is 0 Å². The minimum Gasteiger partial charge on any atom is -0.387 e. The Balaban J connectivity index is 1.21. The van der Waals surface area contributed by atoms with Crippen LogP contribution in [0.25, 0.3) is 11.0 Å². The molecule has 0 saturated heterocycles. The molecule has 0 unspecified atom stereocenters. The Kier molecular flexibility index (Phi) is 6.61. The van der Waals surface area contributed by atoms with Gasteiger partial charge in [0.1, 0.15) is 17.6 Å². The fourth-order valence-electron chi connectivity index (χ4n) is 3.22. The summed E-state index contributed by atoms with van der Waals surface area (Å²) < 4.78 is 0. The van der Waals surface area contributed by atoms with E-state index < -0.39 is 6.10 Å². The maximum absolute atomic E-state index is 12.3. The van der Waals surface area contributed by atoms with Crippen molar-refractivity contribution >= 4 is 22.6 Å². The van der Waals surface area contributed by atoms with E-state index in [4.69, 9.17) is 0 Å². The molecule has 2 heterocycles. The number of aromatic nitrogens is 4. The molecule has 0 radical (unpaired) electrons. The number of fused-ring (bicyclic) bond motifs is 1. The van der Waals surface area contributed by atoms with Gasteiger partial charge in [-0.05, 0) is 48.9 Å². The lowest BCUT2D eigenvalue weighted by Crippen LogP contribution is -2.23. The maximum Gasteiger partial charge on any atom is 0.247 e. The third-order valence-electron chi connectivity index (χ3n) is 4.85. The van der Waals surface area contributed by atoms with E-state index in [2.05, 4.69) is 25.8 Å². The molecule has 31 heavy (non-hydrogen) atoms. The first kappa shape index (κ1) is 20.6. The zero-order chi connectivity index (χ0) is 21.5. The molecule has 1 atom stereocenters. The van der Waals surface area contributed by atoms with Crippen LogP contribution in [0, 0.1) is 0 Å². The quantitative estimate of drug-likeness (QED) is 0.362. The molecule has 0 saturated carbocycles. The van der Waals surface area contributed by atoms with Crippen LogP contribution in [0.1, 0.15) is 17.2 Å². The van der Waals surface area contributed by atoms with Gasteiger partial charge in [0.25, 0.3) is 0 Å². The third kappa shape index (κ3) is 5.71. The topological polar surface area (TPSA) is 105 Å². The second-order valence-corrected chi connectivity index (χ2v) is 7.22. The normalized spacial score (nSPS) is 12.0. The first-order valence-corrected chi connectivity index (χ1v) is 10.1. The first-order valence-electron chi connectivity index (χ1n) is 10.1. The first-order chi connectivity index (χ1) is 15.2. The van der Waals surface area contributed by atoms with E-state index in [0.717, 1.165) is 40.8 Å². The predicted octanol–water partition coefficient (Wildman–Crippen LogP) is 2.33. The van der Waals surface area contributed by atoms with Gasteiger partial charge in [-0.15, -0.1) is 0 Å². The standard InChI is InChI=1S/C23H24N6O2/c30-22(18-4-3-12-24-14-18)15-25-13-11-17-7-9-19(10-8-17)26-23(31)16-29-27-20-5-1-2-6-21(20)28-29/h1-10,12,14,22,25,30H,11,13,15-16H2,(H,26,31)/t22-/m0/s1. The van der Waals surface area contributed by atoms with E-state index in [1.165, 1.54) is 4.80 Å². The van der Waals surface area contributed by atoms with Crippen LogP contribution in [0.4, 0.5) is 5.69 Å². The summed E-state index contributed by atoms with van der Waals surface area (Å²) >= 11 is 0. The molecule has 4 aromatic rings. The van der Waals surface area contributed by atoms with Crippen molar-refractivity contribution in [3.8, 4) is 0 Å². The highest BCUT2D eigenvalue weighted by atomic mass is 16.3. The molecule has 0 spiro atoms. The Morgan fingerprint density at radius 2 is 1.74 bits per heavy atom. The summed E-state index contributed by atoms with van der Waals surface area (Å²) in [7, 11) is 0. The molecule has 0 bridgehead atoms. The molecule has 0 fully saturated rings. The van der Waals surface area contributed by atoms with Crippen molar-refractivity contribution in [3.63, 3.8) is 0 Å². The molecule has 0 aliphatic carbocycles. The number of nitrogens with one attached hydrogen (secondary N) is 2. The minimum absolute atomic E-state index is 0.0552. The lowest BCUT2D eigenvalue weighted by atomic mass is 10.1. The van der Waals surface area contributed by atoms with Crippen LogP contribution in [-0.4, -0.2) is 44.1 Å². The number of rotatable bonds is 9. The van der Waals surface area contributed by atoms with Gasteiger partial charge in [0.15, 0.2) is 0 Å². The molecule has 8 nitrogen and oxygen atoms in total. The molecule has 0 aliphatic rings. The summed E-state index contributed by atoms with van der Waals surface area (Å²) in [6, 6.07) is 18.9. The van der Waals surface area contributed by atoms with Gasteiger partial charge in [0, 0.05) is 30.2 Å².